The number of nitrogens with one attached hydrogen (secondary N) is 1. The molecule has 0 unspecified atom stereocenters. The van der Waals surface area contributed by atoms with Gasteiger partial charge in [0, 0.05) is 12.2 Å². The third-order valence-electron chi connectivity index (χ3n) is 3.61. The maximum Gasteiger partial charge on any atom is 0.243 e. The molecule has 3 rings (SSSR count). The van der Waals surface area contributed by atoms with Crippen molar-refractivity contribution < 1.29 is 0 Å². The Morgan fingerprint density at radius 1 is 1.33 bits per heavy atom. The molecule has 18 heavy (non-hydrogen) atoms. The predicted octanol–water partition coefficient (Wildman–Crippen LogP) is 1.54. The van der Waals surface area contributed by atoms with Crippen LogP contribution in [0.3, 0.4) is 0 Å². The molecule has 0 atom stereocenters. The van der Waals surface area contributed by atoms with E-state index in [1.54, 1.807) is 0 Å². The van der Waals surface area contributed by atoms with Gasteiger partial charge < -0.3 is 10.2 Å². The molecule has 2 aromatic heterocycles. The Morgan fingerprint density at radius 2 is 2.11 bits per heavy atom. The van der Waals surface area contributed by atoms with Crippen LogP contribution in [0.25, 0.3) is 5.65 Å². The molecule has 0 bridgehead atoms. The number of aromatic nitrogens is 3. The van der Waals surface area contributed by atoms with Crippen LogP contribution in [0.15, 0.2) is 18.3 Å². The summed E-state index contributed by atoms with van der Waals surface area (Å²) in [6, 6.07) is 4.55. The van der Waals surface area contributed by atoms with Gasteiger partial charge in [0.15, 0.2) is 5.65 Å². The summed E-state index contributed by atoms with van der Waals surface area (Å²) in [7, 11) is 2.17. The molecule has 2 aromatic rings. The summed E-state index contributed by atoms with van der Waals surface area (Å²) in [5.74, 6) is 0.749. The number of fused-ring (bicyclic) bond motifs is 1. The van der Waals surface area contributed by atoms with Gasteiger partial charge in [-0.05, 0) is 51.5 Å². The van der Waals surface area contributed by atoms with Gasteiger partial charge in [0.05, 0.1) is 0 Å². The summed E-state index contributed by atoms with van der Waals surface area (Å²) in [5.41, 5.74) is 2.09. The van der Waals surface area contributed by atoms with Crippen LogP contribution in [0.1, 0.15) is 18.4 Å². The Bertz CT molecular complexity index is 539. The third-order valence-corrected chi connectivity index (χ3v) is 3.61. The van der Waals surface area contributed by atoms with Crippen LogP contribution in [0.5, 0.6) is 0 Å². The van der Waals surface area contributed by atoms with Crippen LogP contribution in [-0.2, 0) is 0 Å². The van der Waals surface area contributed by atoms with Gasteiger partial charge in [-0.1, -0.05) is 6.07 Å². The van der Waals surface area contributed by atoms with Crippen molar-refractivity contribution in [3.8, 4) is 0 Å². The second kappa shape index (κ2) is 4.57. The van der Waals surface area contributed by atoms with Gasteiger partial charge in [0.1, 0.15) is 0 Å². The quantitative estimate of drug-likeness (QED) is 0.872. The van der Waals surface area contributed by atoms with Gasteiger partial charge in [-0.3, -0.25) is 0 Å². The first kappa shape index (κ1) is 11.5. The molecule has 1 fully saturated rings. The highest BCUT2D eigenvalue weighted by molar-refractivity contribution is 5.49. The highest BCUT2D eigenvalue weighted by Gasteiger charge is 2.17. The number of pyridine rings is 1. The fourth-order valence-corrected chi connectivity index (χ4v) is 2.44. The molecule has 1 aliphatic heterocycles. The Hall–Kier alpha value is -1.62. The van der Waals surface area contributed by atoms with E-state index in [0.717, 1.165) is 43.1 Å². The molecule has 0 amide bonds. The molecule has 1 aliphatic rings. The number of aryl methyl sites for hydroxylation is 1. The van der Waals surface area contributed by atoms with Crippen molar-refractivity contribution >= 4 is 11.6 Å². The standard InChI is InChI=1S/C13H19N5/c1-10-4-3-7-18-12(10)15-13(16-18)14-11-5-8-17(2)9-6-11/h3-4,7,11H,5-6,8-9H2,1-2H3,(H,14,16). The monoisotopic (exact) mass is 245 g/mol. The molecular weight excluding hydrogens is 226 g/mol. The molecule has 0 radical (unpaired) electrons. The third kappa shape index (κ3) is 2.18. The molecule has 0 aromatic carbocycles. The summed E-state index contributed by atoms with van der Waals surface area (Å²) in [6.45, 7) is 4.34. The van der Waals surface area contributed by atoms with Crippen LogP contribution in [-0.4, -0.2) is 45.7 Å². The normalized spacial score (nSPS) is 18.3. The Labute approximate surface area is 107 Å². The van der Waals surface area contributed by atoms with E-state index in [9.17, 15) is 0 Å². The fraction of sp³-hybridized carbons (Fsp3) is 0.538. The average molecular weight is 245 g/mol. The average Bonchev–Trinajstić information content (AvgIpc) is 2.76. The molecule has 96 valence electrons. The second-order valence-electron chi connectivity index (χ2n) is 5.12. The van der Waals surface area contributed by atoms with Crippen LogP contribution in [0.4, 0.5) is 5.95 Å². The number of piperidine rings is 1. The first-order valence-corrected chi connectivity index (χ1v) is 6.49. The lowest BCUT2D eigenvalue weighted by atomic mass is 10.1. The number of likely N-dealkylation sites (tertiary alicyclic amines) is 1. The lowest BCUT2D eigenvalue weighted by molar-refractivity contribution is 0.263. The van der Waals surface area contributed by atoms with Gasteiger partial charge in [0.2, 0.25) is 5.95 Å². The van der Waals surface area contributed by atoms with Crippen molar-refractivity contribution in [1.29, 1.82) is 0 Å². The molecule has 1 N–H and O–H groups in total. The van der Waals surface area contributed by atoms with Crippen LogP contribution < -0.4 is 5.32 Å². The lowest BCUT2D eigenvalue weighted by Crippen LogP contribution is -2.36. The van der Waals surface area contributed by atoms with Crippen molar-refractivity contribution in [3.05, 3.63) is 23.9 Å². The zero-order valence-corrected chi connectivity index (χ0v) is 10.9. The fourth-order valence-electron chi connectivity index (χ4n) is 2.44. The Morgan fingerprint density at radius 3 is 2.83 bits per heavy atom. The van der Waals surface area contributed by atoms with Gasteiger partial charge in [-0.2, -0.15) is 4.98 Å². The maximum atomic E-state index is 4.55. The van der Waals surface area contributed by atoms with E-state index in [1.807, 2.05) is 16.8 Å². The van der Waals surface area contributed by atoms with Crippen molar-refractivity contribution in [2.45, 2.75) is 25.8 Å². The number of nitrogens with zero attached hydrogens (tertiary/aromatic N) is 4. The van der Waals surface area contributed by atoms with Crippen molar-refractivity contribution in [3.63, 3.8) is 0 Å². The minimum Gasteiger partial charge on any atom is -0.350 e. The molecule has 0 saturated carbocycles. The largest absolute Gasteiger partial charge is 0.350 e. The minimum absolute atomic E-state index is 0.499. The molecule has 5 heteroatoms. The summed E-state index contributed by atoms with van der Waals surface area (Å²) in [5, 5.41) is 7.92. The number of anilines is 1. The zero-order chi connectivity index (χ0) is 12.5. The molecular formula is C13H19N5. The summed E-state index contributed by atoms with van der Waals surface area (Å²) >= 11 is 0. The number of rotatable bonds is 2. The number of hydrogen-bond acceptors (Lipinski definition) is 4. The van der Waals surface area contributed by atoms with E-state index >= 15 is 0 Å². The van der Waals surface area contributed by atoms with E-state index in [1.165, 1.54) is 0 Å². The topological polar surface area (TPSA) is 45.5 Å². The molecule has 3 heterocycles. The lowest BCUT2D eigenvalue weighted by Gasteiger charge is -2.28. The molecule has 5 nitrogen and oxygen atoms in total. The minimum atomic E-state index is 0.499. The SMILES string of the molecule is Cc1cccn2nc(NC3CCN(C)CC3)nc12. The summed E-state index contributed by atoms with van der Waals surface area (Å²) < 4.78 is 1.84. The zero-order valence-electron chi connectivity index (χ0n) is 10.9. The molecule has 0 spiro atoms. The van der Waals surface area contributed by atoms with Crippen LogP contribution in [0.2, 0.25) is 0 Å². The van der Waals surface area contributed by atoms with Gasteiger partial charge >= 0.3 is 0 Å². The predicted molar refractivity (Wildman–Crippen MR) is 71.9 cm³/mol. The highest BCUT2D eigenvalue weighted by Crippen LogP contribution is 2.15. The van der Waals surface area contributed by atoms with Crippen LogP contribution in [0, 0.1) is 6.92 Å². The van der Waals surface area contributed by atoms with E-state index in [-0.39, 0.29) is 0 Å². The van der Waals surface area contributed by atoms with Crippen molar-refractivity contribution in [1.82, 2.24) is 19.5 Å². The summed E-state index contributed by atoms with van der Waals surface area (Å²) in [6.07, 6.45) is 4.26. The Kier molecular flexibility index (Phi) is 2.91. The van der Waals surface area contributed by atoms with Gasteiger partial charge in [0.25, 0.3) is 0 Å². The first-order chi connectivity index (χ1) is 8.72. The smallest absolute Gasteiger partial charge is 0.243 e. The van der Waals surface area contributed by atoms with Gasteiger partial charge in [-0.15, -0.1) is 5.10 Å². The van der Waals surface area contributed by atoms with Crippen molar-refractivity contribution in [2.24, 2.45) is 0 Å². The Balaban J connectivity index is 1.77. The second-order valence-corrected chi connectivity index (χ2v) is 5.12. The highest BCUT2D eigenvalue weighted by atomic mass is 15.3. The van der Waals surface area contributed by atoms with E-state index in [2.05, 4.69) is 40.3 Å². The van der Waals surface area contributed by atoms with Crippen LogP contribution >= 0.6 is 0 Å². The summed E-state index contributed by atoms with van der Waals surface area (Å²) in [4.78, 5) is 6.91. The van der Waals surface area contributed by atoms with Gasteiger partial charge in [-0.25, -0.2) is 4.52 Å². The number of hydrogen-bond donors (Lipinski definition) is 1. The van der Waals surface area contributed by atoms with Crippen molar-refractivity contribution in [2.75, 3.05) is 25.5 Å². The first-order valence-electron chi connectivity index (χ1n) is 6.49. The van der Waals surface area contributed by atoms with E-state index in [4.69, 9.17) is 0 Å². The molecule has 0 aliphatic carbocycles. The van der Waals surface area contributed by atoms with E-state index < -0.39 is 0 Å². The van der Waals surface area contributed by atoms with E-state index in [0.29, 0.717) is 6.04 Å². The molecule has 1 saturated heterocycles. The maximum absolute atomic E-state index is 4.55.